The second-order valence-corrected chi connectivity index (χ2v) is 5.86. The monoisotopic (exact) mass is 258 g/mol. The van der Waals surface area contributed by atoms with Gasteiger partial charge in [-0.25, -0.2) is 0 Å². The van der Waals surface area contributed by atoms with Crippen LogP contribution in [0.2, 0.25) is 0 Å². The molecule has 0 N–H and O–H groups in total. The van der Waals surface area contributed by atoms with Crippen molar-refractivity contribution in [3.05, 3.63) is 35.9 Å². The molecule has 19 heavy (non-hydrogen) atoms. The molecule has 1 aromatic carbocycles. The van der Waals surface area contributed by atoms with Gasteiger partial charge in [-0.2, -0.15) is 0 Å². The van der Waals surface area contributed by atoms with Crippen molar-refractivity contribution in [2.75, 3.05) is 6.61 Å². The highest BCUT2D eigenvalue weighted by molar-refractivity contribution is 5.93. The van der Waals surface area contributed by atoms with Crippen molar-refractivity contribution in [2.24, 2.45) is 5.92 Å². The number of ether oxygens (including phenoxy) is 1. The Balaban J connectivity index is 1.72. The van der Waals surface area contributed by atoms with Gasteiger partial charge in [0.15, 0.2) is 5.78 Å². The fraction of sp³-hybridized carbons (Fsp3) is 0.588. The Kier molecular flexibility index (Phi) is 3.44. The molecule has 2 atom stereocenters. The Labute approximate surface area is 115 Å². The van der Waals surface area contributed by atoms with Crippen molar-refractivity contribution >= 4 is 5.78 Å². The molecule has 0 amide bonds. The van der Waals surface area contributed by atoms with Crippen LogP contribution >= 0.6 is 0 Å². The average Bonchev–Trinajstić information content (AvgIpc) is 3.11. The van der Waals surface area contributed by atoms with Gasteiger partial charge in [0.2, 0.25) is 0 Å². The zero-order valence-electron chi connectivity index (χ0n) is 11.6. The first-order valence-electron chi connectivity index (χ1n) is 7.50. The molecule has 0 spiro atoms. The molecule has 0 heterocycles. The Morgan fingerprint density at radius 2 is 1.95 bits per heavy atom. The minimum atomic E-state index is -0.442. The summed E-state index contributed by atoms with van der Waals surface area (Å²) in [6, 6.07) is 10.4. The lowest BCUT2D eigenvalue weighted by atomic mass is 9.91. The first kappa shape index (κ1) is 12.9. The normalized spacial score (nSPS) is 28.3. The number of ketones is 1. The Hall–Kier alpha value is -1.15. The molecule has 2 aliphatic carbocycles. The van der Waals surface area contributed by atoms with Crippen LogP contribution in [0.5, 0.6) is 0 Å². The van der Waals surface area contributed by atoms with Crippen molar-refractivity contribution in [1.82, 2.24) is 0 Å². The molecule has 2 heteroatoms. The van der Waals surface area contributed by atoms with E-state index in [-0.39, 0.29) is 5.92 Å². The van der Waals surface area contributed by atoms with Gasteiger partial charge >= 0.3 is 0 Å². The SMILES string of the molecule is CCOC1(C(=O)C2CC2c2ccccc2)CCCC1. The second kappa shape index (κ2) is 5.09. The van der Waals surface area contributed by atoms with E-state index in [9.17, 15) is 4.79 Å². The van der Waals surface area contributed by atoms with Gasteiger partial charge in [0.05, 0.1) is 0 Å². The van der Waals surface area contributed by atoms with E-state index in [0.29, 0.717) is 18.3 Å². The van der Waals surface area contributed by atoms with E-state index in [0.717, 1.165) is 32.1 Å². The maximum absolute atomic E-state index is 12.8. The molecule has 2 nitrogen and oxygen atoms in total. The lowest BCUT2D eigenvalue weighted by molar-refractivity contribution is -0.145. The molecule has 0 aromatic heterocycles. The number of Topliss-reactive ketones (excluding diaryl/α,β-unsaturated/α-hetero) is 1. The van der Waals surface area contributed by atoms with Gasteiger partial charge in [-0.15, -0.1) is 0 Å². The minimum absolute atomic E-state index is 0.201. The molecule has 0 bridgehead atoms. The molecule has 1 aromatic rings. The van der Waals surface area contributed by atoms with Crippen LogP contribution in [0.1, 0.15) is 50.5 Å². The Morgan fingerprint density at radius 3 is 2.58 bits per heavy atom. The van der Waals surface area contributed by atoms with Crippen LogP contribution in [-0.4, -0.2) is 18.0 Å². The lowest BCUT2D eigenvalue weighted by Crippen LogP contribution is -2.40. The summed E-state index contributed by atoms with van der Waals surface area (Å²) >= 11 is 0. The van der Waals surface area contributed by atoms with E-state index in [1.54, 1.807) is 0 Å². The standard InChI is InChI=1S/C17H22O2/c1-2-19-17(10-6-7-11-17)16(18)15-12-14(15)13-8-4-3-5-9-13/h3-5,8-9,14-15H,2,6-7,10-12H2,1H3. The first-order valence-corrected chi connectivity index (χ1v) is 7.50. The van der Waals surface area contributed by atoms with Gasteiger partial charge in [0.25, 0.3) is 0 Å². The third-order valence-electron chi connectivity index (χ3n) is 4.64. The highest BCUT2D eigenvalue weighted by Gasteiger charge is 2.53. The predicted octanol–water partition coefficient (Wildman–Crippen LogP) is 3.71. The predicted molar refractivity (Wildman–Crippen MR) is 75.1 cm³/mol. The van der Waals surface area contributed by atoms with Crippen molar-refractivity contribution < 1.29 is 9.53 Å². The molecule has 3 rings (SSSR count). The molecular weight excluding hydrogens is 236 g/mol. The van der Waals surface area contributed by atoms with Crippen LogP contribution < -0.4 is 0 Å². The van der Waals surface area contributed by atoms with Crippen molar-refractivity contribution in [2.45, 2.75) is 50.5 Å². The highest BCUT2D eigenvalue weighted by atomic mass is 16.5. The summed E-state index contributed by atoms with van der Waals surface area (Å²) in [7, 11) is 0. The smallest absolute Gasteiger partial charge is 0.168 e. The molecule has 2 fully saturated rings. The number of hydrogen-bond acceptors (Lipinski definition) is 2. The van der Waals surface area contributed by atoms with Gasteiger partial charge in [-0.1, -0.05) is 30.3 Å². The Morgan fingerprint density at radius 1 is 1.26 bits per heavy atom. The third kappa shape index (κ3) is 2.34. The average molecular weight is 258 g/mol. The highest BCUT2D eigenvalue weighted by Crippen LogP contribution is 2.52. The quantitative estimate of drug-likeness (QED) is 0.804. The number of benzene rings is 1. The molecule has 2 aliphatic rings. The summed E-state index contributed by atoms with van der Waals surface area (Å²) in [4.78, 5) is 12.8. The van der Waals surface area contributed by atoms with Gasteiger partial charge in [-0.3, -0.25) is 4.79 Å². The summed E-state index contributed by atoms with van der Waals surface area (Å²) in [5.41, 5.74) is 0.869. The maximum atomic E-state index is 12.8. The van der Waals surface area contributed by atoms with E-state index in [1.807, 2.05) is 13.0 Å². The molecule has 0 saturated heterocycles. The van der Waals surface area contributed by atoms with E-state index in [4.69, 9.17) is 4.74 Å². The maximum Gasteiger partial charge on any atom is 0.168 e. The summed E-state index contributed by atoms with van der Waals surface area (Å²) in [6.45, 7) is 2.64. The lowest BCUT2D eigenvalue weighted by Gasteiger charge is -2.27. The molecule has 0 aliphatic heterocycles. The summed E-state index contributed by atoms with van der Waals surface area (Å²) < 4.78 is 5.89. The molecular formula is C17H22O2. The fourth-order valence-corrected chi connectivity index (χ4v) is 3.58. The van der Waals surface area contributed by atoms with Crippen LogP contribution in [-0.2, 0) is 9.53 Å². The summed E-state index contributed by atoms with van der Waals surface area (Å²) in [5, 5.41) is 0. The Bertz CT molecular complexity index is 446. The van der Waals surface area contributed by atoms with Crippen LogP contribution in [0.25, 0.3) is 0 Å². The number of carbonyl (C=O) groups is 1. The largest absolute Gasteiger partial charge is 0.367 e. The zero-order chi connectivity index (χ0) is 13.3. The third-order valence-corrected chi connectivity index (χ3v) is 4.64. The number of carbonyl (C=O) groups excluding carboxylic acids is 1. The van der Waals surface area contributed by atoms with Crippen molar-refractivity contribution in [1.29, 1.82) is 0 Å². The van der Waals surface area contributed by atoms with E-state index in [1.165, 1.54) is 5.56 Å². The molecule has 2 unspecified atom stereocenters. The van der Waals surface area contributed by atoms with Gasteiger partial charge in [-0.05, 0) is 50.5 Å². The van der Waals surface area contributed by atoms with Crippen molar-refractivity contribution in [3.8, 4) is 0 Å². The van der Waals surface area contributed by atoms with Crippen LogP contribution in [0, 0.1) is 5.92 Å². The second-order valence-electron chi connectivity index (χ2n) is 5.86. The van der Waals surface area contributed by atoms with E-state index >= 15 is 0 Å². The van der Waals surface area contributed by atoms with Crippen LogP contribution in [0.4, 0.5) is 0 Å². The first-order chi connectivity index (χ1) is 9.27. The van der Waals surface area contributed by atoms with Crippen LogP contribution in [0.15, 0.2) is 30.3 Å². The molecule has 0 radical (unpaired) electrons. The fourth-order valence-electron chi connectivity index (χ4n) is 3.58. The molecule has 2 saturated carbocycles. The topological polar surface area (TPSA) is 26.3 Å². The van der Waals surface area contributed by atoms with Crippen LogP contribution in [0.3, 0.4) is 0 Å². The van der Waals surface area contributed by atoms with Crippen molar-refractivity contribution in [3.63, 3.8) is 0 Å². The van der Waals surface area contributed by atoms with E-state index < -0.39 is 5.60 Å². The summed E-state index contributed by atoms with van der Waals surface area (Å²) in [6.07, 6.45) is 5.13. The number of rotatable bonds is 5. The zero-order valence-corrected chi connectivity index (χ0v) is 11.6. The minimum Gasteiger partial charge on any atom is -0.367 e. The number of hydrogen-bond donors (Lipinski definition) is 0. The molecule has 102 valence electrons. The van der Waals surface area contributed by atoms with Gasteiger partial charge in [0, 0.05) is 12.5 Å². The van der Waals surface area contributed by atoms with Gasteiger partial charge < -0.3 is 4.74 Å². The summed E-state index contributed by atoms with van der Waals surface area (Å²) in [5.74, 6) is 1.01. The van der Waals surface area contributed by atoms with Gasteiger partial charge in [0.1, 0.15) is 5.60 Å². The van der Waals surface area contributed by atoms with E-state index in [2.05, 4.69) is 24.3 Å².